The molecule has 0 radical (unpaired) electrons. The largest absolute Gasteiger partial charge is 0.389 e. The van der Waals surface area contributed by atoms with Crippen LogP contribution >= 0.6 is 0 Å². The molecular formula is C14H21NOSi. The van der Waals surface area contributed by atoms with Gasteiger partial charge >= 0.3 is 0 Å². The molecule has 0 saturated heterocycles. The monoisotopic (exact) mass is 247 g/mol. The average Bonchev–Trinajstić information content (AvgIpc) is 2.55. The molecule has 3 heteroatoms. The van der Waals surface area contributed by atoms with Gasteiger partial charge in [0, 0.05) is 37.8 Å². The lowest BCUT2D eigenvalue weighted by Gasteiger charge is -2.20. The van der Waals surface area contributed by atoms with Crippen LogP contribution in [0.5, 0.6) is 0 Å². The molecule has 92 valence electrons. The minimum absolute atomic E-state index is 0.326. The van der Waals surface area contributed by atoms with Crippen LogP contribution in [0.15, 0.2) is 30.5 Å². The lowest BCUT2D eigenvalue weighted by Crippen LogP contribution is -2.22. The minimum atomic E-state index is -1.24. The second kappa shape index (κ2) is 4.31. The molecule has 17 heavy (non-hydrogen) atoms. The van der Waals surface area contributed by atoms with Crippen LogP contribution in [0.3, 0.4) is 0 Å². The van der Waals surface area contributed by atoms with Gasteiger partial charge in [-0.05, 0) is 12.1 Å². The number of nitrogens with zero attached hydrogens (tertiary/aromatic N) is 1. The summed E-state index contributed by atoms with van der Waals surface area (Å²) in [5, 5.41) is 11.6. The second-order valence-electron chi connectivity index (χ2n) is 5.99. The molecule has 2 rings (SSSR count). The lowest BCUT2D eigenvalue weighted by molar-refractivity contribution is 0.199. The van der Waals surface area contributed by atoms with Crippen LogP contribution in [0.4, 0.5) is 0 Å². The molecular weight excluding hydrogens is 226 g/mol. The van der Waals surface area contributed by atoms with Crippen LogP contribution in [-0.4, -0.2) is 17.7 Å². The fourth-order valence-electron chi connectivity index (χ4n) is 2.33. The van der Waals surface area contributed by atoms with Crippen molar-refractivity contribution in [2.45, 2.75) is 31.8 Å². The van der Waals surface area contributed by atoms with Gasteiger partial charge < -0.3 is 9.67 Å². The molecule has 1 atom stereocenters. The highest BCUT2D eigenvalue weighted by Crippen LogP contribution is 2.30. The predicted molar refractivity (Wildman–Crippen MR) is 76.0 cm³/mol. The summed E-state index contributed by atoms with van der Waals surface area (Å²) in [5.74, 6) is 0. The molecule has 0 aliphatic rings. The van der Waals surface area contributed by atoms with Crippen molar-refractivity contribution in [2.75, 3.05) is 0 Å². The van der Waals surface area contributed by atoms with Crippen molar-refractivity contribution in [2.24, 2.45) is 7.05 Å². The fourth-order valence-corrected chi connectivity index (χ4v) is 3.71. The maximum absolute atomic E-state index is 10.4. The van der Waals surface area contributed by atoms with Gasteiger partial charge in [0.05, 0.1) is 6.10 Å². The first-order valence-corrected chi connectivity index (χ1v) is 9.81. The van der Waals surface area contributed by atoms with Gasteiger partial charge in [0.25, 0.3) is 0 Å². The summed E-state index contributed by atoms with van der Waals surface area (Å²) in [6.45, 7) is 6.88. The molecule has 1 aromatic heterocycles. The van der Waals surface area contributed by atoms with Crippen molar-refractivity contribution in [3.05, 3.63) is 36.0 Å². The van der Waals surface area contributed by atoms with E-state index >= 15 is 0 Å². The number of para-hydroxylation sites is 1. The van der Waals surface area contributed by atoms with Crippen LogP contribution in [0.2, 0.25) is 25.7 Å². The summed E-state index contributed by atoms with van der Waals surface area (Å²) in [7, 11) is 0.794. The Balaban J connectivity index is 2.42. The second-order valence-corrected chi connectivity index (χ2v) is 11.5. The Labute approximate surface area is 104 Å². The van der Waals surface area contributed by atoms with Crippen molar-refractivity contribution < 1.29 is 5.11 Å². The number of aromatic nitrogens is 1. The lowest BCUT2D eigenvalue weighted by atomic mass is 10.1. The van der Waals surface area contributed by atoms with Gasteiger partial charge in [-0.2, -0.15) is 0 Å². The molecule has 0 aliphatic heterocycles. The van der Waals surface area contributed by atoms with Crippen molar-refractivity contribution in [3.8, 4) is 0 Å². The van der Waals surface area contributed by atoms with Gasteiger partial charge in [-0.3, -0.25) is 0 Å². The Hall–Kier alpha value is -1.06. The molecule has 1 unspecified atom stereocenters. The molecule has 2 nitrogen and oxygen atoms in total. The van der Waals surface area contributed by atoms with Gasteiger partial charge in [0.1, 0.15) is 0 Å². The van der Waals surface area contributed by atoms with Crippen LogP contribution < -0.4 is 0 Å². The summed E-state index contributed by atoms with van der Waals surface area (Å²) in [6.07, 6.45) is 1.74. The number of aliphatic hydroxyl groups excluding tert-OH is 1. The van der Waals surface area contributed by atoms with Crippen molar-refractivity contribution in [1.29, 1.82) is 0 Å². The Kier molecular flexibility index (Phi) is 3.14. The van der Waals surface area contributed by atoms with E-state index in [2.05, 4.69) is 42.5 Å². The zero-order chi connectivity index (χ0) is 12.6. The standard InChI is InChI=1S/C14H21NOSi/c1-15-9-12(14(16)10-17(2,3)4)11-7-5-6-8-13(11)15/h5-9,14,16H,10H2,1-4H3. The zero-order valence-corrected chi connectivity index (χ0v) is 12.1. The maximum atomic E-state index is 10.4. The van der Waals surface area contributed by atoms with Gasteiger partial charge in [-0.25, -0.2) is 0 Å². The van der Waals surface area contributed by atoms with Gasteiger partial charge in [-0.15, -0.1) is 0 Å². The normalized spacial score (nSPS) is 14.2. The number of rotatable bonds is 3. The SMILES string of the molecule is Cn1cc(C(O)C[Si](C)(C)C)c2ccccc21. The summed E-state index contributed by atoms with van der Waals surface area (Å²) in [4.78, 5) is 0. The summed E-state index contributed by atoms with van der Waals surface area (Å²) in [6, 6.07) is 9.18. The van der Waals surface area contributed by atoms with E-state index < -0.39 is 8.07 Å². The van der Waals surface area contributed by atoms with Crippen LogP contribution in [0.1, 0.15) is 11.7 Å². The van der Waals surface area contributed by atoms with Crippen LogP contribution in [0.25, 0.3) is 10.9 Å². The number of hydrogen-bond donors (Lipinski definition) is 1. The van der Waals surface area contributed by atoms with E-state index in [4.69, 9.17) is 0 Å². The van der Waals surface area contributed by atoms with E-state index in [1.54, 1.807) is 0 Å². The predicted octanol–water partition coefficient (Wildman–Crippen LogP) is 3.55. The van der Waals surface area contributed by atoms with Crippen molar-refractivity contribution >= 4 is 19.0 Å². The fraction of sp³-hybridized carbons (Fsp3) is 0.429. The first-order valence-electron chi connectivity index (χ1n) is 6.10. The topological polar surface area (TPSA) is 25.2 Å². The number of fused-ring (bicyclic) bond motifs is 1. The van der Waals surface area contributed by atoms with Crippen LogP contribution in [0, 0.1) is 0 Å². The third-order valence-electron chi connectivity index (χ3n) is 3.09. The Morgan fingerprint density at radius 2 is 1.88 bits per heavy atom. The van der Waals surface area contributed by atoms with Crippen molar-refractivity contribution in [3.63, 3.8) is 0 Å². The van der Waals surface area contributed by atoms with E-state index in [1.165, 1.54) is 10.9 Å². The highest BCUT2D eigenvalue weighted by molar-refractivity contribution is 6.76. The van der Waals surface area contributed by atoms with Gasteiger partial charge in [0.2, 0.25) is 0 Å². The van der Waals surface area contributed by atoms with Crippen molar-refractivity contribution in [1.82, 2.24) is 4.57 Å². The molecule has 0 aliphatic carbocycles. The van der Waals surface area contributed by atoms with E-state index in [0.717, 1.165) is 11.6 Å². The third-order valence-corrected chi connectivity index (χ3v) is 4.70. The smallest absolute Gasteiger partial charge is 0.0787 e. The Morgan fingerprint density at radius 1 is 1.24 bits per heavy atom. The zero-order valence-electron chi connectivity index (χ0n) is 11.1. The Bertz CT molecular complexity index is 524. The van der Waals surface area contributed by atoms with Crippen LogP contribution in [-0.2, 0) is 7.05 Å². The summed E-state index contributed by atoms with van der Waals surface area (Å²) >= 11 is 0. The van der Waals surface area contributed by atoms with Gasteiger partial charge in [-0.1, -0.05) is 37.8 Å². The molecule has 0 bridgehead atoms. The Morgan fingerprint density at radius 3 is 2.53 bits per heavy atom. The molecule has 0 saturated carbocycles. The molecule has 2 aromatic rings. The number of aryl methyl sites for hydroxylation is 1. The quantitative estimate of drug-likeness (QED) is 0.824. The number of hydrogen-bond acceptors (Lipinski definition) is 1. The molecule has 0 amide bonds. The molecule has 0 spiro atoms. The molecule has 1 heterocycles. The molecule has 1 aromatic carbocycles. The number of benzene rings is 1. The van der Waals surface area contributed by atoms with E-state index in [0.29, 0.717) is 0 Å². The van der Waals surface area contributed by atoms with E-state index in [1.807, 2.05) is 19.2 Å². The average molecular weight is 247 g/mol. The third kappa shape index (κ3) is 2.61. The number of aliphatic hydroxyl groups is 1. The first kappa shape index (κ1) is 12.4. The van der Waals surface area contributed by atoms with E-state index in [9.17, 15) is 5.11 Å². The summed E-state index contributed by atoms with van der Waals surface area (Å²) in [5.41, 5.74) is 2.27. The summed E-state index contributed by atoms with van der Waals surface area (Å²) < 4.78 is 2.10. The minimum Gasteiger partial charge on any atom is -0.389 e. The van der Waals surface area contributed by atoms with E-state index in [-0.39, 0.29) is 6.10 Å². The first-order chi connectivity index (χ1) is 7.88. The highest BCUT2D eigenvalue weighted by Gasteiger charge is 2.22. The molecule has 0 fully saturated rings. The molecule has 1 N–H and O–H groups in total. The highest BCUT2D eigenvalue weighted by atomic mass is 28.3. The maximum Gasteiger partial charge on any atom is 0.0787 e. The van der Waals surface area contributed by atoms with Gasteiger partial charge in [0.15, 0.2) is 0 Å².